The lowest BCUT2D eigenvalue weighted by molar-refractivity contribution is 0.0726. The minimum atomic E-state index is -0.478. The van der Waals surface area contributed by atoms with Gasteiger partial charge in [0.25, 0.3) is 5.91 Å². The van der Waals surface area contributed by atoms with Gasteiger partial charge in [0.15, 0.2) is 5.69 Å². The van der Waals surface area contributed by atoms with Crippen molar-refractivity contribution in [3.05, 3.63) is 34.4 Å². The van der Waals surface area contributed by atoms with Gasteiger partial charge in [0, 0.05) is 30.8 Å². The highest BCUT2D eigenvalue weighted by Crippen LogP contribution is 2.40. The molecule has 2 N–H and O–H groups in total. The number of rotatable bonds is 3. The number of nitrogens with one attached hydrogen (secondary N) is 1. The number of carbonyl (C=O) groups excluding carboxylic acids is 1. The van der Waals surface area contributed by atoms with E-state index in [-0.39, 0.29) is 5.91 Å². The van der Waals surface area contributed by atoms with Gasteiger partial charge in [-0.1, -0.05) is 0 Å². The second-order valence-corrected chi connectivity index (χ2v) is 7.48. The van der Waals surface area contributed by atoms with Crippen LogP contribution in [0.3, 0.4) is 0 Å². The Morgan fingerprint density at radius 1 is 1.38 bits per heavy atom. The second-order valence-electron chi connectivity index (χ2n) is 7.48. The molecular weight excluding hydrogens is 334 g/mol. The zero-order chi connectivity index (χ0) is 17.7. The van der Waals surface area contributed by atoms with Crippen LogP contribution < -0.4 is 0 Å². The number of H-pyrrole nitrogens is 1. The quantitative estimate of drug-likeness (QED) is 0.860. The Kier molecular flexibility index (Phi) is 3.82. The van der Waals surface area contributed by atoms with Crippen molar-refractivity contribution in [1.82, 2.24) is 24.9 Å². The second kappa shape index (κ2) is 6.21. The van der Waals surface area contributed by atoms with Crippen LogP contribution in [0.1, 0.15) is 58.5 Å². The smallest absolute Gasteiger partial charge is 0.275 e. The summed E-state index contributed by atoms with van der Waals surface area (Å²) < 4.78 is 7.44. The van der Waals surface area contributed by atoms with Gasteiger partial charge in [0.05, 0.1) is 31.1 Å². The van der Waals surface area contributed by atoms with Crippen molar-refractivity contribution in [2.45, 2.75) is 51.5 Å². The minimum absolute atomic E-state index is 0.0630. The van der Waals surface area contributed by atoms with E-state index in [9.17, 15) is 9.90 Å². The minimum Gasteiger partial charge on any atom is -0.386 e. The summed E-state index contributed by atoms with van der Waals surface area (Å²) in [6.45, 7) is 3.03. The van der Waals surface area contributed by atoms with Gasteiger partial charge in [-0.15, -0.1) is 0 Å². The number of nitrogens with zero attached hydrogens (tertiary/aromatic N) is 4. The molecule has 1 atom stereocenters. The first-order valence-corrected chi connectivity index (χ1v) is 9.38. The maximum absolute atomic E-state index is 13.1. The van der Waals surface area contributed by atoms with E-state index in [0.29, 0.717) is 37.9 Å². The van der Waals surface area contributed by atoms with E-state index < -0.39 is 6.10 Å². The molecule has 2 aromatic rings. The maximum Gasteiger partial charge on any atom is 0.275 e. The number of hydrogen-bond acceptors (Lipinski definition) is 5. The lowest BCUT2D eigenvalue weighted by Gasteiger charge is -2.20. The van der Waals surface area contributed by atoms with Gasteiger partial charge in [-0.05, 0) is 31.2 Å². The Morgan fingerprint density at radius 2 is 2.27 bits per heavy atom. The average molecular weight is 357 g/mol. The number of aromatic nitrogens is 4. The van der Waals surface area contributed by atoms with Crippen molar-refractivity contribution < 1.29 is 14.6 Å². The van der Waals surface area contributed by atoms with Gasteiger partial charge in [-0.2, -0.15) is 10.2 Å². The van der Waals surface area contributed by atoms with Crippen LogP contribution in [0.2, 0.25) is 0 Å². The SMILES string of the molecule is O=C(c1n[nH]c2c1COCC2)N1CCCn2nc([C@@H](O)C3CC3)cc2C1. The van der Waals surface area contributed by atoms with Gasteiger partial charge in [0.1, 0.15) is 6.10 Å². The number of aromatic amines is 1. The summed E-state index contributed by atoms with van der Waals surface area (Å²) in [6.07, 6.45) is 3.27. The third-order valence-corrected chi connectivity index (χ3v) is 5.59. The van der Waals surface area contributed by atoms with Crippen LogP contribution in [0.5, 0.6) is 0 Å². The molecule has 0 radical (unpaired) electrons. The van der Waals surface area contributed by atoms with E-state index in [1.54, 1.807) is 0 Å². The van der Waals surface area contributed by atoms with Gasteiger partial charge in [-0.3, -0.25) is 14.6 Å². The Bertz CT molecular complexity index is 838. The van der Waals surface area contributed by atoms with Crippen molar-refractivity contribution >= 4 is 5.91 Å². The molecule has 0 spiro atoms. The Balaban J connectivity index is 1.38. The van der Waals surface area contributed by atoms with E-state index in [1.807, 2.05) is 15.6 Å². The highest BCUT2D eigenvalue weighted by molar-refractivity contribution is 5.94. The van der Waals surface area contributed by atoms with Gasteiger partial charge in [-0.25, -0.2) is 0 Å². The van der Waals surface area contributed by atoms with Gasteiger partial charge in [0.2, 0.25) is 0 Å². The molecule has 0 aromatic carbocycles. The summed E-state index contributed by atoms with van der Waals surface area (Å²) in [7, 11) is 0. The van der Waals surface area contributed by atoms with Crippen molar-refractivity contribution in [3.8, 4) is 0 Å². The number of ether oxygens (including phenoxy) is 1. The molecule has 2 aliphatic heterocycles. The van der Waals surface area contributed by atoms with E-state index in [1.165, 1.54) is 0 Å². The van der Waals surface area contributed by atoms with Crippen molar-refractivity contribution in [1.29, 1.82) is 0 Å². The molecule has 8 heteroatoms. The number of hydrogen-bond donors (Lipinski definition) is 2. The molecule has 1 aliphatic carbocycles. The molecular formula is C18H23N5O3. The maximum atomic E-state index is 13.1. The molecule has 4 heterocycles. The topological polar surface area (TPSA) is 96.3 Å². The van der Waals surface area contributed by atoms with Crippen LogP contribution in [0, 0.1) is 5.92 Å². The summed E-state index contributed by atoms with van der Waals surface area (Å²) >= 11 is 0. The Morgan fingerprint density at radius 3 is 3.12 bits per heavy atom. The van der Waals surface area contributed by atoms with E-state index in [4.69, 9.17) is 4.74 Å². The number of amides is 1. The lowest BCUT2D eigenvalue weighted by atomic mass is 10.1. The summed E-state index contributed by atoms with van der Waals surface area (Å²) in [5.74, 6) is 0.286. The van der Waals surface area contributed by atoms with Crippen molar-refractivity contribution in [2.24, 2.45) is 5.92 Å². The predicted molar refractivity (Wildman–Crippen MR) is 91.2 cm³/mol. The van der Waals surface area contributed by atoms with Crippen LogP contribution in [0.15, 0.2) is 6.07 Å². The van der Waals surface area contributed by atoms with Gasteiger partial charge < -0.3 is 14.7 Å². The fraction of sp³-hybridized carbons (Fsp3) is 0.611. The Hall–Kier alpha value is -2.19. The molecule has 0 saturated heterocycles. The summed E-state index contributed by atoms with van der Waals surface area (Å²) in [5.41, 5.74) is 4.10. The fourth-order valence-electron chi connectivity index (χ4n) is 3.89. The third kappa shape index (κ3) is 2.73. The monoisotopic (exact) mass is 357 g/mol. The summed E-state index contributed by atoms with van der Waals surface area (Å²) in [4.78, 5) is 14.9. The molecule has 5 rings (SSSR count). The van der Waals surface area contributed by atoms with Gasteiger partial charge >= 0.3 is 0 Å². The van der Waals surface area contributed by atoms with Crippen molar-refractivity contribution in [2.75, 3.05) is 13.2 Å². The van der Waals surface area contributed by atoms with Crippen LogP contribution in [0.4, 0.5) is 0 Å². The standard InChI is InChI=1S/C18H23N5O3/c24-17(11-2-3-11)15-8-12-9-22(5-1-6-23(12)21-15)18(25)16-13-10-26-7-4-14(13)19-20-16/h8,11,17,24H,1-7,9-10H2,(H,19,20)/t17-/m0/s1. The molecule has 0 unspecified atom stereocenters. The van der Waals surface area contributed by atoms with Crippen molar-refractivity contribution in [3.63, 3.8) is 0 Å². The molecule has 26 heavy (non-hydrogen) atoms. The highest BCUT2D eigenvalue weighted by atomic mass is 16.5. The van der Waals surface area contributed by atoms with Crippen LogP contribution in [-0.2, 0) is 30.9 Å². The van der Waals surface area contributed by atoms with Crippen LogP contribution in [0.25, 0.3) is 0 Å². The molecule has 3 aliphatic rings. The first kappa shape index (κ1) is 16.0. The molecule has 1 saturated carbocycles. The average Bonchev–Trinajstić information content (AvgIpc) is 3.36. The predicted octanol–water partition coefficient (Wildman–Crippen LogP) is 1.17. The molecule has 8 nitrogen and oxygen atoms in total. The number of fused-ring (bicyclic) bond motifs is 2. The number of aliphatic hydroxyl groups excluding tert-OH is 1. The summed E-state index contributed by atoms with van der Waals surface area (Å²) in [6, 6.07) is 1.96. The Labute approximate surface area is 151 Å². The van der Waals surface area contributed by atoms with Crippen LogP contribution in [-0.4, -0.2) is 49.0 Å². The summed E-state index contributed by atoms with van der Waals surface area (Å²) in [5, 5.41) is 22.2. The zero-order valence-corrected chi connectivity index (χ0v) is 14.6. The third-order valence-electron chi connectivity index (χ3n) is 5.59. The van der Waals surface area contributed by atoms with E-state index in [2.05, 4.69) is 15.3 Å². The first-order valence-electron chi connectivity index (χ1n) is 9.38. The largest absolute Gasteiger partial charge is 0.386 e. The lowest BCUT2D eigenvalue weighted by Crippen LogP contribution is -2.32. The first-order chi connectivity index (χ1) is 12.7. The highest BCUT2D eigenvalue weighted by Gasteiger charge is 2.34. The molecule has 1 amide bonds. The van der Waals surface area contributed by atoms with E-state index >= 15 is 0 Å². The van der Waals surface area contributed by atoms with E-state index in [0.717, 1.165) is 54.9 Å². The normalized spacial score (nSPS) is 21.0. The molecule has 138 valence electrons. The molecule has 1 fully saturated rings. The number of aliphatic hydroxyl groups is 1. The fourth-order valence-corrected chi connectivity index (χ4v) is 3.89. The number of aryl methyl sites for hydroxylation is 1. The van der Waals surface area contributed by atoms with Crippen LogP contribution >= 0.6 is 0 Å². The number of carbonyl (C=O) groups is 1. The molecule has 2 aromatic heterocycles. The molecule has 0 bridgehead atoms. The zero-order valence-electron chi connectivity index (χ0n) is 14.6.